The van der Waals surface area contributed by atoms with E-state index in [1.807, 2.05) is 6.08 Å². The van der Waals surface area contributed by atoms with E-state index in [0.29, 0.717) is 30.6 Å². The number of rotatable bonds is 1. The third-order valence-corrected chi connectivity index (χ3v) is 8.25. The number of aliphatic hydroxyl groups is 1. The van der Waals surface area contributed by atoms with Gasteiger partial charge in [-0.15, -0.1) is 0 Å². The first-order valence-corrected chi connectivity index (χ1v) is 9.39. The Morgan fingerprint density at radius 2 is 1.88 bits per heavy atom. The van der Waals surface area contributed by atoms with Crippen molar-refractivity contribution in [3.63, 3.8) is 0 Å². The molecule has 3 nitrogen and oxygen atoms in total. The number of carbonyl (C=O) groups excluding carboxylic acids is 2. The Bertz CT molecular complexity index is 675. The standard InChI is InChI=1S/C21H28O3/c1-13(22)21(24)11-8-18-16-5-4-14-12-15(23)6-9-19(14,2)17(16)7-10-20(18,21)3/h4-5,12,16-18,24H,6-11H2,1-3H3/t16-,17+,18+,19-,20+,21+/m0/s1. The quantitative estimate of drug-likeness (QED) is 0.800. The lowest BCUT2D eigenvalue weighted by Gasteiger charge is -2.56. The molecule has 0 aromatic carbocycles. The maximum atomic E-state index is 12.2. The molecule has 4 aliphatic rings. The Kier molecular flexibility index (Phi) is 3.32. The van der Waals surface area contributed by atoms with E-state index < -0.39 is 5.60 Å². The molecule has 0 unspecified atom stereocenters. The predicted octanol–water partition coefficient (Wildman–Crippen LogP) is 3.61. The molecule has 0 aliphatic heterocycles. The zero-order chi connectivity index (χ0) is 17.3. The summed E-state index contributed by atoms with van der Waals surface area (Å²) in [5, 5.41) is 11.1. The molecule has 4 aliphatic carbocycles. The maximum absolute atomic E-state index is 12.2. The first kappa shape index (κ1) is 16.3. The fourth-order valence-electron chi connectivity index (χ4n) is 6.59. The van der Waals surface area contributed by atoms with Crippen LogP contribution in [0.15, 0.2) is 23.8 Å². The second-order valence-electron chi connectivity index (χ2n) is 9.04. The summed E-state index contributed by atoms with van der Waals surface area (Å²) in [7, 11) is 0. The van der Waals surface area contributed by atoms with Crippen molar-refractivity contribution >= 4 is 11.6 Å². The summed E-state index contributed by atoms with van der Waals surface area (Å²) in [5.41, 5.74) is -0.197. The van der Waals surface area contributed by atoms with Crippen LogP contribution in [0.1, 0.15) is 59.3 Å². The largest absolute Gasteiger partial charge is 0.382 e. The van der Waals surface area contributed by atoms with Gasteiger partial charge in [-0.2, -0.15) is 0 Å². The lowest BCUT2D eigenvalue weighted by atomic mass is 9.48. The van der Waals surface area contributed by atoms with Gasteiger partial charge in [0.25, 0.3) is 0 Å². The molecule has 6 atom stereocenters. The fraction of sp³-hybridized carbons (Fsp3) is 0.714. The molecule has 0 bridgehead atoms. The van der Waals surface area contributed by atoms with Crippen molar-refractivity contribution in [2.45, 2.75) is 64.9 Å². The topological polar surface area (TPSA) is 54.4 Å². The molecule has 3 heteroatoms. The van der Waals surface area contributed by atoms with E-state index in [1.54, 1.807) is 6.92 Å². The molecule has 1 N–H and O–H groups in total. The van der Waals surface area contributed by atoms with Crippen LogP contribution in [0.3, 0.4) is 0 Å². The predicted molar refractivity (Wildman–Crippen MR) is 92.2 cm³/mol. The molecule has 2 fully saturated rings. The van der Waals surface area contributed by atoms with Crippen molar-refractivity contribution < 1.29 is 14.7 Å². The van der Waals surface area contributed by atoms with Gasteiger partial charge in [0, 0.05) is 11.8 Å². The Morgan fingerprint density at radius 3 is 2.58 bits per heavy atom. The van der Waals surface area contributed by atoms with Gasteiger partial charge in [-0.25, -0.2) is 0 Å². The minimum Gasteiger partial charge on any atom is -0.382 e. The van der Waals surface area contributed by atoms with Crippen molar-refractivity contribution in [2.24, 2.45) is 28.6 Å². The summed E-state index contributed by atoms with van der Waals surface area (Å²) < 4.78 is 0. The highest BCUT2D eigenvalue weighted by molar-refractivity contribution is 5.92. The number of Topliss-reactive ketones (excluding diaryl/α,β-unsaturated/α-hetero) is 1. The highest BCUT2D eigenvalue weighted by Gasteiger charge is 2.64. The molecule has 130 valence electrons. The smallest absolute Gasteiger partial charge is 0.161 e. The molecule has 24 heavy (non-hydrogen) atoms. The third-order valence-electron chi connectivity index (χ3n) is 8.25. The number of hydrogen-bond acceptors (Lipinski definition) is 3. The lowest BCUT2D eigenvalue weighted by molar-refractivity contribution is -0.156. The maximum Gasteiger partial charge on any atom is 0.161 e. The second kappa shape index (κ2) is 4.91. The Hall–Kier alpha value is -1.22. The molecule has 2 saturated carbocycles. The molecule has 0 heterocycles. The summed E-state index contributed by atoms with van der Waals surface area (Å²) in [5.74, 6) is 1.47. The van der Waals surface area contributed by atoms with Gasteiger partial charge in [-0.05, 0) is 73.8 Å². The van der Waals surface area contributed by atoms with E-state index >= 15 is 0 Å². The second-order valence-corrected chi connectivity index (χ2v) is 9.04. The van der Waals surface area contributed by atoms with Gasteiger partial charge in [0.2, 0.25) is 0 Å². The van der Waals surface area contributed by atoms with E-state index in [9.17, 15) is 14.7 Å². The average Bonchev–Trinajstić information content (AvgIpc) is 2.81. The molecule has 0 aromatic rings. The first-order valence-electron chi connectivity index (χ1n) is 9.39. The molecule has 0 saturated heterocycles. The Labute approximate surface area is 144 Å². The minimum absolute atomic E-state index is 0.0687. The molecule has 0 aromatic heterocycles. The van der Waals surface area contributed by atoms with E-state index in [-0.39, 0.29) is 22.4 Å². The highest BCUT2D eigenvalue weighted by Crippen LogP contribution is 2.66. The van der Waals surface area contributed by atoms with Crippen molar-refractivity contribution in [3.8, 4) is 0 Å². The van der Waals surface area contributed by atoms with Crippen LogP contribution in [-0.4, -0.2) is 22.3 Å². The summed E-state index contributed by atoms with van der Waals surface area (Å²) in [6.07, 6.45) is 11.3. The number of fused-ring (bicyclic) bond motifs is 5. The minimum atomic E-state index is -1.16. The number of hydrogen-bond donors (Lipinski definition) is 1. The normalized spacial score (nSPS) is 49.9. The van der Waals surface area contributed by atoms with Crippen molar-refractivity contribution in [1.29, 1.82) is 0 Å². The lowest BCUT2D eigenvalue weighted by Crippen LogP contribution is -2.56. The van der Waals surface area contributed by atoms with E-state index in [1.165, 1.54) is 5.57 Å². The van der Waals surface area contributed by atoms with Gasteiger partial charge in [0.1, 0.15) is 5.60 Å². The van der Waals surface area contributed by atoms with Crippen molar-refractivity contribution in [3.05, 3.63) is 23.8 Å². The van der Waals surface area contributed by atoms with Crippen LogP contribution in [0.2, 0.25) is 0 Å². The zero-order valence-corrected chi connectivity index (χ0v) is 15.0. The number of allylic oxidation sites excluding steroid dienone is 4. The Morgan fingerprint density at radius 1 is 1.17 bits per heavy atom. The average molecular weight is 328 g/mol. The monoisotopic (exact) mass is 328 g/mol. The van der Waals surface area contributed by atoms with Crippen LogP contribution >= 0.6 is 0 Å². The molecule has 0 radical (unpaired) electrons. The van der Waals surface area contributed by atoms with Crippen LogP contribution in [0, 0.1) is 28.6 Å². The Balaban J connectivity index is 1.75. The third kappa shape index (κ3) is 1.82. The van der Waals surface area contributed by atoms with Crippen LogP contribution < -0.4 is 0 Å². The van der Waals surface area contributed by atoms with Crippen LogP contribution in [0.4, 0.5) is 0 Å². The van der Waals surface area contributed by atoms with Crippen molar-refractivity contribution in [2.75, 3.05) is 0 Å². The molecule has 4 rings (SSSR count). The first-order chi connectivity index (χ1) is 11.2. The van der Waals surface area contributed by atoms with Gasteiger partial charge >= 0.3 is 0 Å². The van der Waals surface area contributed by atoms with Gasteiger partial charge in [0.05, 0.1) is 0 Å². The van der Waals surface area contributed by atoms with Gasteiger partial charge in [-0.1, -0.05) is 26.0 Å². The summed E-state index contributed by atoms with van der Waals surface area (Å²) in [4.78, 5) is 24.0. The summed E-state index contributed by atoms with van der Waals surface area (Å²) >= 11 is 0. The molecule has 0 spiro atoms. The zero-order valence-electron chi connectivity index (χ0n) is 15.0. The van der Waals surface area contributed by atoms with Crippen LogP contribution in [0.5, 0.6) is 0 Å². The van der Waals surface area contributed by atoms with Gasteiger partial charge in [0.15, 0.2) is 11.6 Å². The van der Waals surface area contributed by atoms with E-state index in [0.717, 1.165) is 25.7 Å². The number of carbonyl (C=O) groups is 2. The number of ketones is 2. The fourth-order valence-corrected chi connectivity index (χ4v) is 6.59. The van der Waals surface area contributed by atoms with Crippen LogP contribution in [-0.2, 0) is 9.59 Å². The molecule has 0 amide bonds. The van der Waals surface area contributed by atoms with Gasteiger partial charge < -0.3 is 5.11 Å². The summed E-state index contributed by atoms with van der Waals surface area (Å²) in [6.45, 7) is 6.00. The van der Waals surface area contributed by atoms with Crippen molar-refractivity contribution in [1.82, 2.24) is 0 Å². The summed E-state index contributed by atoms with van der Waals surface area (Å²) in [6, 6.07) is 0. The highest BCUT2D eigenvalue weighted by atomic mass is 16.3. The van der Waals surface area contributed by atoms with Crippen LogP contribution in [0.25, 0.3) is 0 Å². The van der Waals surface area contributed by atoms with Gasteiger partial charge in [-0.3, -0.25) is 9.59 Å². The molecular formula is C21H28O3. The van der Waals surface area contributed by atoms with E-state index in [4.69, 9.17) is 0 Å². The molecular weight excluding hydrogens is 300 g/mol. The van der Waals surface area contributed by atoms with E-state index in [2.05, 4.69) is 26.0 Å². The SMILES string of the molecule is CC(=O)[C@]1(O)CC[C@@H]2[C@H]3C=CC4=CC(=O)CC[C@]4(C)[C@@H]3CC[C@]21C.